The second-order valence-electron chi connectivity index (χ2n) is 6.15. The zero-order valence-electron chi connectivity index (χ0n) is 14.4. The van der Waals surface area contributed by atoms with Gasteiger partial charge in [0, 0.05) is 4.90 Å². The molecule has 1 atom stereocenters. The SMILES string of the molecule is Cc1ccc(SC2C(=O)N(c3ccccc3)N=C2c2ccccc2)cc1. The van der Waals surface area contributed by atoms with Crippen molar-refractivity contribution in [2.45, 2.75) is 17.1 Å². The molecule has 0 spiro atoms. The summed E-state index contributed by atoms with van der Waals surface area (Å²) in [6.07, 6.45) is 0. The van der Waals surface area contributed by atoms with E-state index in [1.165, 1.54) is 10.6 Å². The van der Waals surface area contributed by atoms with E-state index in [1.807, 2.05) is 60.7 Å². The second kappa shape index (κ2) is 7.18. The number of thioether (sulfide) groups is 1. The van der Waals surface area contributed by atoms with Gasteiger partial charge in [-0.05, 0) is 36.8 Å². The molecule has 26 heavy (non-hydrogen) atoms. The average Bonchev–Trinajstić information content (AvgIpc) is 3.01. The number of carbonyl (C=O) groups excluding carboxylic acids is 1. The van der Waals surface area contributed by atoms with Crippen molar-refractivity contribution in [3.05, 3.63) is 96.1 Å². The molecule has 1 aliphatic heterocycles. The van der Waals surface area contributed by atoms with Crippen LogP contribution in [0.2, 0.25) is 0 Å². The number of hydrazone groups is 1. The van der Waals surface area contributed by atoms with Crippen molar-refractivity contribution in [2.75, 3.05) is 5.01 Å². The number of anilines is 1. The molecule has 4 rings (SSSR count). The molecule has 0 saturated heterocycles. The van der Waals surface area contributed by atoms with Gasteiger partial charge in [0.15, 0.2) is 0 Å². The normalized spacial score (nSPS) is 16.7. The molecule has 0 bridgehead atoms. The summed E-state index contributed by atoms with van der Waals surface area (Å²) in [6, 6.07) is 27.7. The first-order valence-corrected chi connectivity index (χ1v) is 9.36. The van der Waals surface area contributed by atoms with Gasteiger partial charge in [-0.3, -0.25) is 4.79 Å². The van der Waals surface area contributed by atoms with Crippen molar-refractivity contribution in [2.24, 2.45) is 5.10 Å². The highest BCUT2D eigenvalue weighted by atomic mass is 32.2. The first-order valence-electron chi connectivity index (χ1n) is 8.48. The van der Waals surface area contributed by atoms with Gasteiger partial charge in [-0.15, -0.1) is 11.8 Å². The van der Waals surface area contributed by atoms with E-state index in [4.69, 9.17) is 0 Å². The Morgan fingerprint density at radius 1 is 0.846 bits per heavy atom. The molecule has 128 valence electrons. The van der Waals surface area contributed by atoms with Gasteiger partial charge in [0.1, 0.15) is 5.25 Å². The zero-order chi connectivity index (χ0) is 17.9. The summed E-state index contributed by atoms with van der Waals surface area (Å²) >= 11 is 1.55. The minimum absolute atomic E-state index is 0.0133. The summed E-state index contributed by atoms with van der Waals surface area (Å²) in [5.74, 6) is -0.0133. The lowest BCUT2D eigenvalue weighted by molar-refractivity contribution is -0.116. The molecule has 1 aliphatic rings. The molecule has 0 saturated carbocycles. The van der Waals surface area contributed by atoms with Crippen LogP contribution in [0.1, 0.15) is 11.1 Å². The molecule has 0 aromatic heterocycles. The Bertz CT molecular complexity index is 937. The number of hydrogen-bond donors (Lipinski definition) is 0. The molecule has 3 aromatic rings. The monoisotopic (exact) mass is 358 g/mol. The summed E-state index contributed by atoms with van der Waals surface area (Å²) in [5, 5.41) is 5.85. The van der Waals surface area contributed by atoms with Gasteiger partial charge in [0.2, 0.25) is 0 Å². The van der Waals surface area contributed by atoms with E-state index in [0.717, 1.165) is 21.9 Å². The minimum Gasteiger partial charge on any atom is -0.271 e. The van der Waals surface area contributed by atoms with Gasteiger partial charge in [0.25, 0.3) is 5.91 Å². The molecule has 1 heterocycles. The Morgan fingerprint density at radius 2 is 1.46 bits per heavy atom. The largest absolute Gasteiger partial charge is 0.271 e. The fraction of sp³-hybridized carbons (Fsp3) is 0.0909. The summed E-state index contributed by atoms with van der Waals surface area (Å²) in [7, 11) is 0. The Hall–Kier alpha value is -2.85. The van der Waals surface area contributed by atoms with Crippen molar-refractivity contribution in [1.82, 2.24) is 0 Å². The van der Waals surface area contributed by atoms with Crippen molar-refractivity contribution in [3.63, 3.8) is 0 Å². The van der Waals surface area contributed by atoms with Crippen LogP contribution >= 0.6 is 11.8 Å². The number of amides is 1. The number of hydrogen-bond acceptors (Lipinski definition) is 3. The summed E-state index contributed by atoms with van der Waals surface area (Å²) in [4.78, 5) is 14.2. The van der Waals surface area contributed by atoms with E-state index < -0.39 is 0 Å². The first-order chi connectivity index (χ1) is 12.7. The molecular formula is C22H18N2OS. The Labute approximate surface area is 157 Å². The molecule has 1 unspecified atom stereocenters. The first kappa shape index (κ1) is 16.6. The number of aryl methyl sites for hydroxylation is 1. The summed E-state index contributed by atoms with van der Waals surface area (Å²) in [6.45, 7) is 2.06. The van der Waals surface area contributed by atoms with Crippen LogP contribution in [0.25, 0.3) is 0 Å². The standard InChI is InChI=1S/C22H18N2OS/c1-16-12-14-19(15-13-16)26-21-20(17-8-4-2-5-9-17)23-24(22(21)25)18-10-6-3-7-11-18/h2-15,21H,1H3. The second-order valence-corrected chi connectivity index (χ2v) is 7.33. The molecule has 1 amide bonds. The fourth-order valence-corrected chi connectivity index (χ4v) is 3.93. The predicted octanol–water partition coefficient (Wildman–Crippen LogP) is 4.91. The maximum absolute atomic E-state index is 13.2. The van der Waals surface area contributed by atoms with Gasteiger partial charge in [-0.2, -0.15) is 10.1 Å². The minimum atomic E-state index is -0.361. The Balaban J connectivity index is 1.72. The van der Waals surface area contributed by atoms with Gasteiger partial charge in [0.05, 0.1) is 11.4 Å². The number of rotatable bonds is 4. The molecule has 3 nitrogen and oxygen atoms in total. The van der Waals surface area contributed by atoms with Gasteiger partial charge in [-0.25, -0.2) is 0 Å². The highest BCUT2D eigenvalue weighted by Crippen LogP contribution is 2.33. The van der Waals surface area contributed by atoms with Gasteiger partial charge in [-0.1, -0.05) is 66.2 Å². The van der Waals surface area contributed by atoms with E-state index in [9.17, 15) is 4.79 Å². The lowest BCUT2D eigenvalue weighted by Crippen LogP contribution is -2.29. The van der Waals surface area contributed by atoms with E-state index in [0.29, 0.717) is 0 Å². The maximum Gasteiger partial charge on any atom is 0.267 e. The van der Waals surface area contributed by atoms with Crippen molar-refractivity contribution in [3.8, 4) is 0 Å². The molecular weight excluding hydrogens is 340 g/mol. The fourth-order valence-electron chi connectivity index (χ4n) is 2.87. The highest BCUT2D eigenvalue weighted by Gasteiger charge is 2.38. The van der Waals surface area contributed by atoms with E-state index in [2.05, 4.69) is 36.3 Å². The molecule has 3 aromatic carbocycles. The van der Waals surface area contributed by atoms with Crippen LogP contribution in [0.15, 0.2) is 94.9 Å². The lowest BCUT2D eigenvalue weighted by Gasteiger charge is -2.14. The van der Waals surface area contributed by atoms with Crippen LogP contribution in [0.4, 0.5) is 5.69 Å². The van der Waals surface area contributed by atoms with Crippen molar-refractivity contribution < 1.29 is 4.79 Å². The number of nitrogens with zero attached hydrogens (tertiary/aromatic N) is 2. The average molecular weight is 358 g/mol. The summed E-state index contributed by atoms with van der Waals surface area (Å²) in [5.41, 5.74) is 3.77. The van der Waals surface area contributed by atoms with Crippen LogP contribution in [0, 0.1) is 6.92 Å². The quantitative estimate of drug-likeness (QED) is 0.664. The third kappa shape index (κ3) is 3.28. The topological polar surface area (TPSA) is 32.7 Å². The van der Waals surface area contributed by atoms with Gasteiger partial charge < -0.3 is 0 Å². The zero-order valence-corrected chi connectivity index (χ0v) is 15.2. The van der Waals surface area contributed by atoms with Crippen LogP contribution in [0.3, 0.4) is 0 Å². The van der Waals surface area contributed by atoms with Crippen LogP contribution in [-0.4, -0.2) is 16.9 Å². The molecule has 0 aliphatic carbocycles. The predicted molar refractivity (Wildman–Crippen MR) is 108 cm³/mol. The molecule has 0 radical (unpaired) electrons. The van der Waals surface area contributed by atoms with Gasteiger partial charge >= 0.3 is 0 Å². The molecule has 0 fully saturated rings. The Kier molecular flexibility index (Phi) is 4.59. The van der Waals surface area contributed by atoms with Crippen molar-refractivity contribution >= 4 is 29.1 Å². The Morgan fingerprint density at radius 3 is 2.12 bits per heavy atom. The van der Waals surface area contributed by atoms with Crippen LogP contribution in [-0.2, 0) is 4.79 Å². The van der Waals surface area contributed by atoms with Crippen LogP contribution in [0.5, 0.6) is 0 Å². The number of benzene rings is 3. The van der Waals surface area contributed by atoms with Crippen molar-refractivity contribution in [1.29, 1.82) is 0 Å². The third-order valence-corrected chi connectivity index (χ3v) is 5.44. The third-order valence-electron chi connectivity index (χ3n) is 4.23. The summed E-state index contributed by atoms with van der Waals surface area (Å²) < 4.78 is 0. The molecule has 4 heteroatoms. The maximum atomic E-state index is 13.2. The number of carbonyl (C=O) groups is 1. The van der Waals surface area contributed by atoms with Crippen LogP contribution < -0.4 is 5.01 Å². The van der Waals surface area contributed by atoms with E-state index >= 15 is 0 Å². The number of para-hydroxylation sites is 1. The van der Waals surface area contributed by atoms with E-state index in [1.54, 1.807) is 11.8 Å². The lowest BCUT2D eigenvalue weighted by atomic mass is 10.1. The smallest absolute Gasteiger partial charge is 0.267 e. The van der Waals surface area contributed by atoms with E-state index in [-0.39, 0.29) is 11.2 Å². The molecule has 0 N–H and O–H groups in total. The highest BCUT2D eigenvalue weighted by molar-refractivity contribution is 8.01.